The average Bonchev–Trinajstić information content (AvgIpc) is 2.82. The summed E-state index contributed by atoms with van der Waals surface area (Å²) in [4.78, 5) is 41.7. The van der Waals surface area contributed by atoms with Crippen LogP contribution in [0.2, 0.25) is 0 Å². The first-order valence-corrected chi connectivity index (χ1v) is 8.29. The highest BCUT2D eigenvalue weighted by atomic mass is 32.1. The van der Waals surface area contributed by atoms with Gasteiger partial charge in [-0.15, -0.1) is 0 Å². The van der Waals surface area contributed by atoms with Crippen LogP contribution in [0.5, 0.6) is 0 Å². The first-order chi connectivity index (χ1) is 11.4. The van der Waals surface area contributed by atoms with Crippen LogP contribution in [0.15, 0.2) is 9.59 Å². The van der Waals surface area contributed by atoms with Crippen molar-refractivity contribution in [3.05, 3.63) is 20.0 Å². The smallest absolute Gasteiger partial charge is 0.312 e. The minimum Gasteiger partial charge on any atom is -0.441 e. The number of esters is 1. The van der Waals surface area contributed by atoms with Crippen molar-refractivity contribution >= 4 is 33.6 Å². The van der Waals surface area contributed by atoms with E-state index in [1.54, 1.807) is 7.11 Å². The van der Waals surface area contributed by atoms with Gasteiger partial charge in [-0.1, -0.05) is 24.7 Å². The molecule has 10 heteroatoms. The van der Waals surface area contributed by atoms with Gasteiger partial charge < -0.3 is 15.2 Å². The number of nitrogens with zero attached hydrogens (tertiary/aromatic N) is 2. The van der Waals surface area contributed by atoms with Crippen LogP contribution in [0.3, 0.4) is 0 Å². The van der Waals surface area contributed by atoms with Crippen molar-refractivity contribution in [2.75, 3.05) is 12.8 Å². The van der Waals surface area contributed by atoms with E-state index in [1.165, 1.54) is 11.5 Å². The predicted molar refractivity (Wildman–Crippen MR) is 90.0 cm³/mol. The van der Waals surface area contributed by atoms with Crippen LogP contribution >= 0.6 is 11.3 Å². The Morgan fingerprint density at radius 3 is 2.75 bits per heavy atom. The van der Waals surface area contributed by atoms with Gasteiger partial charge in [0.2, 0.25) is 5.95 Å². The van der Waals surface area contributed by atoms with Crippen LogP contribution in [0.25, 0.3) is 10.3 Å². The number of nitrogens with two attached hydrogens (primary N) is 1. The van der Waals surface area contributed by atoms with E-state index >= 15 is 0 Å². The van der Waals surface area contributed by atoms with Crippen molar-refractivity contribution in [3.8, 4) is 0 Å². The van der Waals surface area contributed by atoms with E-state index in [-0.39, 0.29) is 28.8 Å². The predicted octanol–water partition coefficient (Wildman–Crippen LogP) is 0.995. The van der Waals surface area contributed by atoms with E-state index in [0.29, 0.717) is 0 Å². The molecule has 2 aromatic heterocycles. The molecule has 0 radical (unpaired) electrons. The summed E-state index contributed by atoms with van der Waals surface area (Å²) in [6.45, 7) is 3.25. The third-order valence-corrected chi connectivity index (χ3v) is 4.43. The minimum atomic E-state index is -0.922. The Kier molecular flexibility index (Phi) is 5.73. The van der Waals surface area contributed by atoms with Crippen LogP contribution in [0.1, 0.15) is 39.3 Å². The second-order valence-electron chi connectivity index (χ2n) is 5.29. The maximum atomic E-state index is 12.4. The SMILES string of the molecule is CCCC(C[C@@H](OC(C)=O)n1c(=O)sc2c(=O)[nH]c(N)nc21)OC. The average molecular weight is 356 g/mol. The number of hydrogen-bond acceptors (Lipinski definition) is 8. The summed E-state index contributed by atoms with van der Waals surface area (Å²) in [5, 5.41) is 0. The van der Waals surface area contributed by atoms with Gasteiger partial charge in [-0.2, -0.15) is 4.98 Å². The number of anilines is 1. The summed E-state index contributed by atoms with van der Waals surface area (Å²) >= 11 is 0.731. The van der Waals surface area contributed by atoms with E-state index in [4.69, 9.17) is 15.2 Å². The molecule has 9 nitrogen and oxygen atoms in total. The van der Waals surface area contributed by atoms with Gasteiger partial charge in [-0.25, -0.2) is 4.57 Å². The maximum absolute atomic E-state index is 12.4. The molecule has 0 aromatic carbocycles. The number of ether oxygens (including phenoxy) is 2. The highest BCUT2D eigenvalue weighted by Crippen LogP contribution is 2.23. The zero-order valence-electron chi connectivity index (χ0n) is 13.7. The lowest BCUT2D eigenvalue weighted by atomic mass is 10.1. The number of thiazole rings is 1. The van der Waals surface area contributed by atoms with Gasteiger partial charge in [-0.05, 0) is 6.42 Å². The molecule has 0 saturated carbocycles. The lowest BCUT2D eigenvalue weighted by molar-refractivity contribution is -0.153. The number of carbonyl (C=O) groups is 1. The molecular weight excluding hydrogens is 336 g/mol. The molecule has 0 spiro atoms. The molecule has 0 amide bonds. The molecule has 0 saturated heterocycles. The van der Waals surface area contributed by atoms with Gasteiger partial charge in [0.05, 0.1) is 6.10 Å². The van der Waals surface area contributed by atoms with Crippen LogP contribution in [0.4, 0.5) is 5.95 Å². The second kappa shape index (κ2) is 7.58. The Bertz CT molecular complexity index is 840. The van der Waals surface area contributed by atoms with Crippen LogP contribution in [0, 0.1) is 0 Å². The van der Waals surface area contributed by atoms with Gasteiger partial charge in [0.25, 0.3) is 5.56 Å². The maximum Gasteiger partial charge on any atom is 0.312 e. The first-order valence-electron chi connectivity index (χ1n) is 7.48. The lowest BCUT2D eigenvalue weighted by Gasteiger charge is -2.23. The summed E-state index contributed by atoms with van der Waals surface area (Å²) in [6.07, 6.45) is 0.746. The van der Waals surface area contributed by atoms with Gasteiger partial charge in [0.1, 0.15) is 4.70 Å². The van der Waals surface area contributed by atoms with Gasteiger partial charge in [0.15, 0.2) is 11.9 Å². The van der Waals surface area contributed by atoms with Gasteiger partial charge in [0, 0.05) is 20.5 Å². The number of nitrogen functional groups attached to an aromatic ring is 1. The molecule has 0 aliphatic rings. The molecule has 0 bridgehead atoms. The van der Waals surface area contributed by atoms with Crippen molar-refractivity contribution in [1.29, 1.82) is 0 Å². The van der Waals surface area contributed by atoms with Crippen molar-refractivity contribution in [2.45, 2.75) is 45.4 Å². The lowest BCUT2D eigenvalue weighted by Crippen LogP contribution is -2.28. The zero-order chi connectivity index (χ0) is 17.9. The molecule has 24 heavy (non-hydrogen) atoms. The highest BCUT2D eigenvalue weighted by Gasteiger charge is 2.26. The Morgan fingerprint density at radius 1 is 1.46 bits per heavy atom. The normalized spacial score (nSPS) is 13.8. The Labute approximate surface area is 141 Å². The number of carbonyl (C=O) groups excluding carboxylic acids is 1. The third kappa shape index (κ3) is 3.82. The van der Waals surface area contributed by atoms with E-state index in [2.05, 4.69) is 9.97 Å². The number of methoxy groups -OCH3 is 1. The Morgan fingerprint density at radius 2 is 2.17 bits per heavy atom. The summed E-state index contributed by atoms with van der Waals surface area (Å²) in [5.74, 6) is -0.659. The molecule has 132 valence electrons. The fourth-order valence-corrected chi connectivity index (χ4v) is 3.33. The summed E-state index contributed by atoms with van der Waals surface area (Å²) in [7, 11) is 1.56. The molecule has 2 atom stereocenters. The van der Waals surface area contributed by atoms with E-state index in [0.717, 1.165) is 24.2 Å². The largest absolute Gasteiger partial charge is 0.441 e. The third-order valence-electron chi connectivity index (χ3n) is 3.49. The molecular formula is C14H20N4O5S. The standard InChI is InChI=1S/C14H20N4O5S/c1-4-5-8(22-3)6-9(23-7(2)19)18-11-10(24-14(18)21)12(20)17-13(15)16-11/h8-9H,4-6H2,1-3H3,(H3,15,16,17,20)/t8?,9-/m1/s1. The second-order valence-corrected chi connectivity index (χ2v) is 6.25. The van der Waals surface area contributed by atoms with Crippen LogP contribution in [-0.2, 0) is 14.3 Å². The monoisotopic (exact) mass is 356 g/mol. The number of aromatic amines is 1. The van der Waals surface area contributed by atoms with Crippen LogP contribution < -0.4 is 16.2 Å². The Balaban J connectivity index is 2.55. The number of nitrogens with one attached hydrogen (secondary N) is 1. The van der Waals surface area contributed by atoms with Gasteiger partial charge >= 0.3 is 10.8 Å². The first kappa shape index (κ1) is 18.1. The summed E-state index contributed by atoms with van der Waals surface area (Å²) < 4.78 is 12.0. The van der Waals surface area contributed by atoms with Crippen molar-refractivity contribution in [1.82, 2.24) is 14.5 Å². The topological polar surface area (TPSA) is 129 Å². The van der Waals surface area contributed by atoms with Crippen molar-refractivity contribution < 1.29 is 14.3 Å². The number of rotatable bonds is 7. The molecule has 2 rings (SSSR count). The highest BCUT2D eigenvalue weighted by molar-refractivity contribution is 7.16. The molecule has 0 aliphatic carbocycles. The van der Waals surface area contributed by atoms with E-state index < -0.39 is 22.6 Å². The molecule has 3 N–H and O–H groups in total. The van der Waals surface area contributed by atoms with E-state index in [9.17, 15) is 14.4 Å². The molecule has 2 aromatic rings. The summed E-state index contributed by atoms with van der Waals surface area (Å²) in [6, 6.07) is 0. The van der Waals surface area contributed by atoms with E-state index in [1.807, 2.05) is 6.92 Å². The molecule has 2 heterocycles. The van der Waals surface area contributed by atoms with Gasteiger partial charge in [-0.3, -0.25) is 19.4 Å². The number of aromatic nitrogens is 3. The fraction of sp³-hybridized carbons (Fsp3) is 0.571. The molecule has 0 aliphatic heterocycles. The molecule has 0 fully saturated rings. The number of hydrogen-bond donors (Lipinski definition) is 2. The van der Waals surface area contributed by atoms with Crippen molar-refractivity contribution in [3.63, 3.8) is 0 Å². The van der Waals surface area contributed by atoms with Crippen molar-refractivity contribution in [2.24, 2.45) is 0 Å². The fourth-order valence-electron chi connectivity index (χ4n) is 2.48. The molecule has 1 unspecified atom stereocenters. The quantitative estimate of drug-likeness (QED) is 0.708. The van der Waals surface area contributed by atoms with Crippen LogP contribution in [-0.4, -0.2) is 33.7 Å². The summed E-state index contributed by atoms with van der Waals surface area (Å²) in [5.41, 5.74) is 5.17. The minimum absolute atomic E-state index is 0.101. The number of fused-ring (bicyclic) bond motifs is 1. The number of H-pyrrole nitrogens is 1. The Hall–Kier alpha value is -2.20. The zero-order valence-corrected chi connectivity index (χ0v) is 14.5.